The number of anilines is 1. The summed E-state index contributed by atoms with van der Waals surface area (Å²) in [5.74, 6) is 0.986. The van der Waals surface area contributed by atoms with Crippen molar-refractivity contribution in [2.75, 3.05) is 17.7 Å². The van der Waals surface area contributed by atoms with Crippen molar-refractivity contribution in [3.8, 4) is 5.75 Å². The van der Waals surface area contributed by atoms with E-state index in [0.717, 1.165) is 36.5 Å². The third-order valence-corrected chi connectivity index (χ3v) is 5.04. The molecule has 0 aliphatic rings. The van der Waals surface area contributed by atoms with E-state index < -0.39 is 5.97 Å². The smallest absolute Gasteiger partial charge is 0.343 e. The van der Waals surface area contributed by atoms with Gasteiger partial charge in [-0.1, -0.05) is 6.42 Å². The lowest BCUT2D eigenvalue weighted by molar-refractivity contribution is 0.0734. The Hall–Kier alpha value is -2.51. The summed E-state index contributed by atoms with van der Waals surface area (Å²) in [6.45, 7) is 4.94. The molecule has 2 aromatic carbocycles. The molecule has 0 amide bonds. The van der Waals surface area contributed by atoms with Gasteiger partial charge in [-0.2, -0.15) is 0 Å². The highest BCUT2D eigenvalue weighted by molar-refractivity contribution is 7.99. The summed E-state index contributed by atoms with van der Waals surface area (Å²) >= 11 is 1.80. The maximum absolute atomic E-state index is 12.2. The molecule has 29 heavy (non-hydrogen) atoms. The molecule has 0 fully saturated rings. The summed E-state index contributed by atoms with van der Waals surface area (Å²) in [5, 5.41) is 9.86. The number of rotatable bonds is 11. The van der Waals surface area contributed by atoms with Gasteiger partial charge in [0, 0.05) is 17.2 Å². The van der Waals surface area contributed by atoms with E-state index in [0.29, 0.717) is 23.1 Å². The van der Waals surface area contributed by atoms with E-state index in [9.17, 15) is 4.79 Å². The van der Waals surface area contributed by atoms with Crippen LogP contribution in [-0.2, 0) is 4.74 Å². The lowest BCUT2D eigenvalue weighted by Gasteiger charge is -2.08. The fourth-order valence-electron chi connectivity index (χ4n) is 2.50. The van der Waals surface area contributed by atoms with Crippen LogP contribution >= 0.6 is 11.8 Å². The van der Waals surface area contributed by atoms with Crippen molar-refractivity contribution >= 4 is 29.4 Å². The summed E-state index contributed by atoms with van der Waals surface area (Å²) in [5.41, 5.74) is 6.35. The lowest BCUT2D eigenvalue weighted by atomic mass is 10.2. The van der Waals surface area contributed by atoms with Crippen molar-refractivity contribution in [2.24, 2.45) is 5.73 Å². The quantitative estimate of drug-likeness (QED) is 0.121. The minimum atomic E-state index is -0.427. The normalized spacial score (nSPS) is 10.7. The van der Waals surface area contributed by atoms with Crippen LogP contribution in [0, 0.1) is 5.41 Å². The second-order valence-corrected chi connectivity index (χ2v) is 7.97. The molecule has 0 aliphatic carbocycles. The Morgan fingerprint density at radius 1 is 1.07 bits per heavy atom. The molecule has 0 saturated carbocycles. The van der Waals surface area contributed by atoms with Crippen molar-refractivity contribution in [3.05, 3.63) is 54.1 Å². The number of nitrogens with two attached hydrogens (primary N) is 1. The van der Waals surface area contributed by atoms with Crippen molar-refractivity contribution < 1.29 is 14.3 Å². The van der Waals surface area contributed by atoms with E-state index in [1.165, 1.54) is 0 Å². The van der Waals surface area contributed by atoms with Gasteiger partial charge in [0.2, 0.25) is 0 Å². The molecular formula is C22H29N3O3S. The highest BCUT2D eigenvalue weighted by Gasteiger charge is 2.09. The molecule has 0 radical (unpaired) electrons. The molecule has 7 heteroatoms. The Morgan fingerprint density at radius 2 is 1.76 bits per heavy atom. The maximum atomic E-state index is 12.2. The molecule has 0 saturated heterocycles. The molecule has 2 rings (SSSR count). The third kappa shape index (κ3) is 9.02. The number of carbonyl (C=O) groups excluding carboxylic acids is 1. The Kier molecular flexibility index (Phi) is 9.53. The van der Waals surface area contributed by atoms with Gasteiger partial charge < -0.3 is 20.5 Å². The highest BCUT2D eigenvalue weighted by atomic mass is 32.2. The van der Waals surface area contributed by atoms with Crippen LogP contribution in [-0.4, -0.2) is 30.4 Å². The molecule has 0 heterocycles. The van der Waals surface area contributed by atoms with Gasteiger partial charge >= 0.3 is 5.97 Å². The van der Waals surface area contributed by atoms with E-state index in [-0.39, 0.29) is 5.96 Å². The lowest BCUT2D eigenvalue weighted by Crippen LogP contribution is -2.20. The predicted octanol–water partition coefficient (Wildman–Crippen LogP) is 4.90. The molecule has 0 bridgehead atoms. The second-order valence-electron chi connectivity index (χ2n) is 6.81. The number of nitrogens with one attached hydrogen (secondary N) is 2. The monoisotopic (exact) mass is 415 g/mol. The van der Waals surface area contributed by atoms with Gasteiger partial charge in [-0.15, -0.1) is 11.8 Å². The van der Waals surface area contributed by atoms with Crippen LogP contribution < -0.4 is 15.8 Å². The van der Waals surface area contributed by atoms with Crippen LogP contribution in [0.25, 0.3) is 0 Å². The summed E-state index contributed by atoms with van der Waals surface area (Å²) in [7, 11) is 0. The van der Waals surface area contributed by atoms with E-state index >= 15 is 0 Å². The van der Waals surface area contributed by atoms with Gasteiger partial charge in [-0.25, -0.2) is 4.79 Å². The predicted molar refractivity (Wildman–Crippen MR) is 119 cm³/mol. The summed E-state index contributed by atoms with van der Waals surface area (Å²) in [4.78, 5) is 13.4. The fourth-order valence-corrected chi connectivity index (χ4v) is 3.42. The first-order valence-corrected chi connectivity index (χ1v) is 10.7. The van der Waals surface area contributed by atoms with E-state index in [2.05, 4.69) is 19.2 Å². The van der Waals surface area contributed by atoms with Crippen LogP contribution in [0.4, 0.5) is 5.69 Å². The van der Waals surface area contributed by atoms with Gasteiger partial charge in [0.05, 0.1) is 11.7 Å². The first-order chi connectivity index (χ1) is 13.9. The minimum absolute atomic E-state index is 0.154. The topological polar surface area (TPSA) is 97.4 Å². The molecule has 4 N–H and O–H groups in total. The standard InChI is InChI=1S/C22H29N3O3S/c1-16(2)27-14-4-3-5-15-29-20-12-10-19(11-13-20)28-21(26)17-6-8-18(9-7-17)25-22(23)24/h6-13,16H,3-5,14-15H2,1-2H3,(H4,23,24,25). The van der Waals surface area contributed by atoms with E-state index in [4.69, 9.17) is 20.6 Å². The number of hydrogen-bond acceptors (Lipinski definition) is 5. The Labute approximate surface area is 176 Å². The van der Waals surface area contributed by atoms with Crippen molar-refractivity contribution in [1.29, 1.82) is 5.41 Å². The fraction of sp³-hybridized carbons (Fsp3) is 0.364. The molecule has 0 aliphatic heterocycles. The van der Waals surface area contributed by atoms with Crippen LogP contribution in [0.3, 0.4) is 0 Å². The highest BCUT2D eigenvalue weighted by Crippen LogP contribution is 2.23. The molecule has 0 unspecified atom stereocenters. The van der Waals surface area contributed by atoms with Gasteiger partial charge in [-0.05, 0) is 81.0 Å². The number of benzene rings is 2. The molecule has 0 atom stereocenters. The van der Waals surface area contributed by atoms with E-state index in [1.807, 2.05) is 24.3 Å². The van der Waals surface area contributed by atoms with Crippen molar-refractivity contribution in [3.63, 3.8) is 0 Å². The van der Waals surface area contributed by atoms with Gasteiger partial charge in [0.1, 0.15) is 5.75 Å². The Balaban J connectivity index is 1.72. The maximum Gasteiger partial charge on any atom is 0.343 e. The number of unbranched alkanes of at least 4 members (excludes halogenated alkanes) is 2. The second kappa shape index (κ2) is 12.1. The first kappa shape index (κ1) is 22.8. The Bertz CT molecular complexity index is 777. The third-order valence-electron chi connectivity index (χ3n) is 3.94. The Morgan fingerprint density at radius 3 is 2.38 bits per heavy atom. The molecule has 156 valence electrons. The van der Waals surface area contributed by atoms with Gasteiger partial charge in [0.25, 0.3) is 0 Å². The zero-order valence-electron chi connectivity index (χ0n) is 16.9. The number of esters is 1. The van der Waals surface area contributed by atoms with Crippen LogP contribution in [0.1, 0.15) is 43.5 Å². The number of ether oxygens (including phenoxy) is 2. The molecule has 0 spiro atoms. The molecule has 6 nitrogen and oxygen atoms in total. The largest absolute Gasteiger partial charge is 0.423 e. The van der Waals surface area contributed by atoms with Gasteiger partial charge in [0.15, 0.2) is 5.96 Å². The van der Waals surface area contributed by atoms with Crippen LogP contribution in [0.2, 0.25) is 0 Å². The average molecular weight is 416 g/mol. The van der Waals surface area contributed by atoms with Crippen LogP contribution in [0.5, 0.6) is 5.75 Å². The summed E-state index contributed by atoms with van der Waals surface area (Å²) < 4.78 is 11.0. The van der Waals surface area contributed by atoms with Crippen molar-refractivity contribution in [2.45, 2.75) is 44.1 Å². The average Bonchev–Trinajstić information content (AvgIpc) is 2.68. The number of carbonyl (C=O) groups is 1. The molecule has 2 aromatic rings. The van der Waals surface area contributed by atoms with Crippen molar-refractivity contribution in [1.82, 2.24) is 0 Å². The minimum Gasteiger partial charge on any atom is -0.423 e. The zero-order valence-corrected chi connectivity index (χ0v) is 17.8. The SMILES string of the molecule is CC(C)OCCCCCSc1ccc(OC(=O)c2ccc(NC(=N)N)cc2)cc1. The molecular weight excluding hydrogens is 386 g/mol. The summed E-state index contributed by atoms with van der Waals surface area (Å²) in [6.07, 6.45) is 3.72. The van der Waals surface area contributed by atoms with E-state index in [1.54, 1.807) is 36.0 Å². The van der Waals surface area contributed by atoms with Crippen LogP contribution in [0.15, 0.2) is 53.4 Å². The number of thioether (sulfide) groups is 1. The first-order valence-electron chi connectivity index (χ1n) is 9.72. The molecule has 0 aromatic heterocycles. The summed E-state index contributed by atoms with van der Waals surface area (Å²) in [6, 6.07) is 14.2. The van der Waals surface area contributed by atoms with Gasteiger partial charge in [-0.3, -0.25) is 5.41 Å². The number of hydrogen-bond donors (Lipinski definition) is 3. The zero-order chi connectivity index (χ0) is 21.1. The number of guanidine groups is 1.